The molecule has 0 aliphatic carbocycles. The van der Waals surface area contributed by atoms with Crippen LogP contribution in [0, 0.1) is 0 Å². The Labute approximate surface area is 178 Å². The number of fused-ring (bicyclic) bond motifs is 1. The van der Waals surface area contributed by atoms with Gasteiger partial charge in [-0.2, -0.15) is 0 Å². The van der Waals surface area contributed by atoms with Crippen molar-refractivity contribution >= 4 is 40.8 Å². The molecule has 0 saturated carbocycles. The van der Waals surface area contributed by atoms with Crippen LogP contribution in [0.5, 0.6) is 5.75 Å². The highest BCUT2D eigenvalue weighted by atomic mass is 35.5. The van der Waals surface area contributed by atoms with Gasteiger partial charge in [0, 0.05) is 16.3 Å². The monoisotopic (exact) mass is 420 g/mol. The summed E-state index contributed by atoms with van der Waals surface area (Å²) in [5, 5.41) is 3.23. The zero-order valence-corrected chi connectivity index (χ0v) is 16.5. The molecule has 0 fully saturated rings. The minimum atomic E-state index is -1.10. The Kier molecular flexibility index (Phi) is 5.50. The van der Waals surface area contributed by atoms with Crippen molar-refractivity contribution < 1.29 is 19.1 Å². The number of nitrogens with zero attached hydrogens (tertiary/aromatic N) is 1. The van der Waals surface area contributed by atoms with E-state index in [4.69, 9.17) is 16.3 Å². The number of benzene rings is 3. The molecule has 1 atom stereocenters. The number of esters is 1. The SMILES string of the molecule is O=C(C[C@@H]1C(=O)Oc2ccccc2N1C(=O)c1ccc(Cl)cc1)Nc1ccccc1. The number of anilines is 2. The number of carbonyl (C=O) groups excluding carboxylic acids is 3. The Bertz CT molecular complexity index is 1100. The van der Waals surface area contributed by atoms with E-state index in [0.29, 0.717) is 22.0 Å². The van der Waals surface area contributed by atoms with E-state index in [9.17, 15) is 14.4 Å². The Morgan fingerprint density at radius 1 is 0.933 bits per heavy atom. The smallest absolute Gasteiger partial charge is 0.335 e. The quantitative estimate of drug-likeness (QED) is 0.504. The molecule has 150 valence electrons. The maximum absolute atomic E-state index is 13.3. The highest BCUT2D eigenvalue weighted by Gasteiger charge is 2.40. The molecule has 0 aromatic heterocycles. The van der Waals surface area contributed by atoms with E-state index in [-0.39, 0.29) is 12.2 Å². The lowest BCUT2D eigenvalue weighted by molar-refractivity contribution is -0.138. The summed E-state index contributed by atoms with van der Waals surface area (Å²) in [6.07, 6.45) is -0.249. The van der Waals surface area contributed by atoms with Gasteiger partial charge in [-0.25, -0.2) is 4.79 Å². The van der Waals surface area contributed by atoms with Crippen LogP contribution in [0.25, 0.3) is 0 Å². The molecule has 0 unspecified atom stereocenters. The molecule has 2 amide bonds. The van der Waals surface area contributed by atoms with E-state index < -0.39 is 23.8 Å². The van der Waals surface area contributed by atoms with Gasteiger partial charge in [0.25, 0.3) is 5.91 Å². The molecule has 1 N–H and O–H groups in total. The van der Waals surface area contributed by atoms with Crippen molar-refractivity contribution in [2.45, 2.75) is 12.5 Å². The largest absolute Gasteiger partial charge is 0.423 e. The van der Waals surface area contributed by atoms with Crippen LogP contribution >= 0.6 is 11.6 Å². The molecule has 3 aromatic rings. The van der Waals surface area contributed by atoms with Crippen molar-refractivity contribution in [3.8, 4) is 5.75 Å². The first-order valence-corrected chi connectivity index (χ1v) is 9.65. The number of ether oxygens (including phenoxy) is 1. The van der Waals surface area contributed by atoms with E-state index >= 15 is 0 Å². The Balaban J connectivity index is 1.66. The first-order chi connectivity index (χ1) is 14.5. The molecule has 6 nitrogen and oxygen atoms in total. The fourth-order valence-electron chi connectivity index (χ4n) is 3.26. The fourth-order valence-corrected chi connectivity index (χ4v) is 3.38. The van der Waals surface area contributed by atoms with Crippen LogP contribution in [0.2, 0.25) is 5.02 Å². The highest BCUT2D eigenvalue weighted by molar-refractivity contribution is 6.30. The number of hydrogen-bond donors (Lipinski definition) is 1. The molecule has 1 aliphatic heterocycles. The summed E-state index contributed by atoms with van der Waals surface area (Å²) in [6, 6.07) is 20.9. The minimum absolute atomic E-state index is 0.249. The number of amides is 2. The fraction of sp³-hybridized carbons (Fsp3) is 0.0870. The second-order valence-electron chi connectivity index (χ2n) is 6.70. The molecular formula is C23H17ClN2O4. The van der Waals surface area contributed by atoms with Crippen molar-refractivity contribution in [2.75, 3.05) is 10.2 Å². The summed E-state index contributed by atoms with van der Waals surface area (Å²) in [4.78, 5) is 40.0. The van der Waals surface area contributed by atoms with Crippen LogP contribution in [0.3, 0.4) is 0 Å². The standard InChI is InChI=1S/C23H17ClN2O4/c24-16-12-10-15(11-13-16)22(28)26-18-8-4-5-9-20(18)30-23(29)19(26)14-21(27)25-17-6-2-1-3-7-17/h1-13,19H,14H2,(H,25,27)/t19-/m1/s1. The summed E-state index contributed by atoms with van der Waals surface area (Å²) in [5.74, 6) is -1.23. The lowest BCUT2D eigenvalue weighted by Crippen LogP contribution is -2.51. The van der Waals surface area contributed by atoms with Crippen LogP contribution in [-0.4, -0.2) is 23.8 Å². The minimum Gasteiger partial charge on any atom is -0.423 e. The van der Waals surface area contributed by atoms with Gasteiger partial charge in [-0.1, -0.05) is 41.9 Å². The van der Waals surface area contributed by atoms with Crippen molar-refractivity contribution in [3.05, 3.63) is 89.4 Å². The van der Waals surface area contributed by atoms with Gasteiger partial charge in [-0.05, 0) is 48.5 Å². The molecule has 4 rings (SSSR count). The maximum Gasteiger partial charge on any atom is 0.335 e. The second kappa shape index (κ2) is 8.39. The third-order valence-corrected chi connectivity index (χ3v) is 4.92. The zero-order valence-electron chi connectivity index (χ0n) is 15.7. The first kappa shape index (κ1) is 19.7. The number of halogens is 1. The second-order valence-corrected chi connectivity index (χ2v) is 7.14. The predicted octanol–water partition coefficient (Wildman–Crippen LogP) is 4.30. The Morgan fingerprint density at radius 3 is 2.33 bits per heavy atom. The number of hydrogen-bond acceptors (Lipinski definition) is 4. The third kappa shape index (κ3) is 4.04. The molecule has 30 heavy (non-hydrogen) atoms. The normalized spacial score (nSPS) is 15.2. The maximum atomic E-state index is 13.3. The summed E-state index contributed by atoms with van der Waals surface area (Å²) in [7, 11) is 0. The van der Waals surface area contributed by atoms with Gasteiger partial charge in [-0.15, -0.1) is 0 Å². The van der Waals surface area contributed by atoms with Gasteiger partial charge < -0.3 is 10.1 Å². The van der Waals surface area contributed by atoms with Gasteiger partial charge in [0.05, 0.1) is 12.1 Å². The molecule has 0 saturated heterocycles. The van der Waals surface area contributed by atoms with Crippen molar-refractivity contribution in [2.24, 2.45) is 0 Å². The van der Waals surface area contributed by atoms with E-state index in [1.54, 1.807) is 72.8 Å². The van der Waals surface area contributed by atoms with E-state index in [1.165, 1.54) is 4.90 Å². The number of carbonyl (C=O) groups is 3. The van der Waals surface area contributed by atoms with Crippen molar-refractivity contribution in [3.63, 3.8) is 0 Å². The van der Waals surface area contributed by atoms with Crippen LogP contribution in [0.1, 0.15) is 16.8 Å². The molecule has 3 aromatic carbocycles. The number of para-hydroxylation sites is 3. The highest BCUT2D eigenvalue weighted by Crippen LogP contribution is 2.36. The summed E-state index contributed by atoms with van der Waals surface area (Å²) < 4.78 is 5.40. The van der Waals surface area contributed by atoms with E-state index in [0.717, 1.165) is 0 Å². The summed E-state index contributed by atoms with van der Waals surface area (Å²) in [6.45, 7) is 0. The van der Waals surface area contributed by atoms with E-state index in [2.05, 4.69) is 5.32 Å². The first-order valence-electron chi connectivity index (χ1n) is 9.27. The number of nitrogens with one attached hydrogen (secondary N) is 1. The Hall–Kier alpha value is -3.64. The number of rotatable bonds is 4. The van der Waals surface area contributed by atoms with Gasteiger partial charge in [-0.3, -0.25) is 14.5 Å². The van der Waals surface area contributed by atoms with E-state index in [1.807, 2.05) is 6.07 Å². The summed E-state index contributed by atoms with van der Waals surface area (Å²) >= 11 is 5.93. The van der Waals surface area contributed by atoms with Gasteiger partial charge in [0.15, 0.2) is 5.75 Å². The van der Waals surface area contributed by atoms with Gasteiger partial charge in [0.1, 0.15) is 6.04 Å². The third-order valence-electron chi connectivity index (χ3n) is 4.67. The van der Waals surface area contributed by atoms with Crippen molar-refractivity contribution in [1.82, 2.24) is 0 Å². The average Bonchev–Trinajstić information content (AvgIpc) is 2.75. The Morgan fingerprint density at radius 2 is 1.60 bits per heavy atom. The molecule has 0 bridgehead atoms. The topological polar surface area (TPSA) is 75.7 Å². The van der Waals surface area contributed by atoms with Gasteiger partial charge in [0.2, 0.25) is 5.91 Å². The molecule has 0 spiro atoms. The predicted molar refractivity (Wildman–Crippen MR) is 114 cm³/mol. The lowest BCUT2D eigenvalue weighted by atomic mass is 10.0. The van der Waals surface area contributed by atoms with Gasteiger partial charge >= 0.3 is 5.97 Å². The molecular weight excluding hydrogens is 404 g/mol. The average molecular weight is 421 g/mol. The zero-order chi connectivity index (χ0) is 21.1. The van der Waals surface area contributed by atoms with Crippen LogP contribution in [0.15, 0.2) is 78.9 Å². The molecule has 0 radical (unpaired) electrons. The van der Waals surface area contributed by atoms with Crippen molar-refractivity contribution in [1.29, 1.82) is 0 Å². The van der Waals surface area contributed by atoms with Crippen LogP contribution in [0.4, 0.5) is 11.4 Å². The summed E-state index contributed by atoms with van der Waals surface area (Å²) in [5.41, 5.74) is 1.37. The molecule has 1 aliphatic rings. The molecule has 7 heteroatoms. The lowest BCUT2D eigenvalue weighted by Gasteiger charge is -2.35. The van der Waals surface area contributed by atoms with Crippen LogP contribution < -0.4 is 15.0 Å². The molecule has 1 heterocycles. The van der Waals surface area contributed by atoms with Crippen LogP contribution in [-0.2, 0) is 9.59 Å².